The molecule has 2 N–H and O–H groups in total. The van der Waals surface area contributed by atoms with Crippen LogP contribution in [0.2, 0.25) is 0 Å². The maximum atomic E-state index is 12.2. The monoisotopic (exact) mass is 274 g/mol. The van der Waals surface area contributed by atoms with Gasteiger partial charge in [0, 0.05) is 18.3 Å². The van der Waals surface area contributed by atoms with E-state index < -0.39 is 0 Å². The van der Waals surface area contributed by atoms with Crippen molar-refractivity contribution in [3.8, 4) is 0 Å². The highest BCUT2D eigenvalue weighted by Crippen LogP contribution is 2.12. The van der Waals surface area contributed by atoms with Crippen LogP contribution in [0.25, 0.3) is 0 Å². The molecule has 20 heavy (non-hydrogen) atoms. The van der Waals surface area contributed by atoms with Gasteiger partial charge < -0.3 is 10.3 Å². The molecule has 0 saturated heterocycles. The van der Waals surface area contributed by atoms with E-state index in [2.05, 4.69) is 15.4 Å². The van der Waals surface area contributed by atoms with Gasteiger partial charge in [0.1, 0.15) is 5.82 Å². The average molecular weight is 274 g/mol. The van der Waals surface area contributed by atoms with Crippen LogP contribution in [0.1, 0.15) is 41.5 Å². The molecule has 1 amide bonds. The van der Waals surface area contributed by atoms with Crippen LogP contribution in [0.5, 0.6) is 0 Å². The Labute approximate surface area is 116 Å². The molecule has 0 fully saturated rings. The predicted octanol–water partition coefficient (Wildman–Crippen LogP) is 2.02. The summed E-state index contributed by atoms with van der Waals surface area (Å²) < 4.78 is 1.74. The first-order valence-corrected chi connectivity index (χ1v) is 6.45. The number of hydrogen-bond acceptors (Lipinski definition) is 3. The van der Waals surface area contributed by atoms with E-state index in [-0.39, 0.29) is 17.5 Å². The molecule has 0 saturated carbocycles. The van der Waals surface area contributed by atoms with Crippen LogP contribution < -0.4 is 10.9 Å². The minimum absolute atomic E-state index is 0.189. The lowest BCUT2D eigenvalue weighted by atomic mass is 10.2. The number of anilines is 1. The molecule has 0 bridgehead atoms. The van der Waals surface area contributed by atoms with E-state index in [1.54, 1.807) is 30.8 Å². The summed E-state index contributed by atoms with van der Waals surface area (Å²) in [5, 5.41) is 6.98. The number of H-pyrrole nitrogens is 1. The quantitative estimate of drug-likeness (QED) is 0.898. The standard InChI is InChI=1S/C14H18N4O2/c1-8(2)18-7-11(10(4)17-18)14(20)16-12-5-9(3)6-13(19)15-12/h5-8H,1-4H3,(H2,15,16,19,20). The molecular weight excluding hydrogens is 256 g/mol. The Hall–Kier alpha value is -2.37. The van der Waals surface area contributed by atoms with Gasteiger partial charge in [-0.25, -0.2) is 0 Å². The van der Waals surface area contributed by atoms with E-state index in [4.69, 9.17) is 0 Å². The lowest BCUT2D eigenvalue weighted by molar-refractivity contribution is 0.102. The van der Waals surface area contributed by atoms with Crippen molar-refractivity contribution in [2.75, 3.05) is 5.32 Å². The third kappa shape index (κ3) is 2.96. The molecule has 2 rings (SSSR count). The zero-order valence-corrected chi connectivity index (χ0v) is 12.0. The van der Waals surface area contributed by atoms with Gasteiger partial charge in [0.2, 0.25) is 5.56 Å². The van der Waals surface area contributed by atoms with Crippen LogP contribution in [0.15, 0.2) is 23.1 Å². The normalized spacial score (nSPS) is 10.8. The first-order chi connectivity index (χ1) is 9.36. The molecule has 0 radical (unpaired) electrons. The molecule has 0 unspecified atom stereocenters. The van der Waals surface area contributed by atoms with Gasteiger partial charge in [-0.1, -0.05) is 0 Å². The first-order valence-electron chi connectivity index (χ1n) is 6.45. The van der Waals surface area contributed by atoms with E-state index in [1.165, 1.54) is 6.07 Å². The smallest absolute Gasteiger partial charge is 0.260 e. The summed E-state index contributed by atoms with van der Waals surface area (Å²) in [6.07, 6.45) is 1.71. The Bertz CT molecular complexity index is 697. The van der Waals surface area contributed by atoms with Crippen LogP contribution >= 0.6 is 0 Å². The molecule has 2 aromatic rings. The minimum atomic E-state index is -0.282. The summed E-state index contributed by atoms with van der Waals surface area (Å²) in [5.41, 5.74) is 1.71. The molecular formula is C14H18N4O2. The summed E-state index contributed by atoms with van der Waals surface area (Å²) in [6, 6.07) is 3.37. The molecule has 0 aliphatic carbocycles. The van der Waals surface area contributed by atoms with Crippen molar-refractivity contribution >= 4 is 11.7 Å². The minimum Gasteiger partial charge on any atom is -0.309 e. The van der Waals surface area contributed by atoms with Crippen LogP contribution in [0.4, 0.5) is 5.82 Å². The zero-order valence-electron chi connectivity index (χ0n) is 12.0. The molecule has 0 aliphatic rings. The second-order valence-corrected chi connectivity index (χ2v) is 5.09. The molecule has 0 aliphatic heterocycles. The van der Waals surface area contributed by atoms with Crippen molar-refractivity contribution in [2.24, 2.45) is 0 Å². The Kier molecular flexibility index (Phi) is 3.74. The highest BCUT2D eigenvalue weighted by Gasteiger charge is 2.15. The molecule has 2 heterocycles. The molecule has 2 aromatic heterocycles. The third-order valence-corrected chi connectivity index (χ3v) is 2.93. The fourth-order valence-electron chi connectivity index (χ4n) is 1.91. The topological polar surface area (TPSA) is 79.8 Å². The fraction of sp³-hybridized carbons (Fsp3) is 0.357. The zero-order chi connectivity index (χ0) is 14.9. The number of aromatic nitrogens is 3. The van der Waals surface area contributed by atoms with Crippen LogP contribution in [-0.4, -0.2) is 20.7 Å². The number of amides is 1. The Morgan fingerprint density at radius 3 is 2.60 bits per heavy atom. The SMILES string of the molecule is Cc1cc(NC(=O)c2cn(C(C)C)nc2C)[nH]c(=O)c1. The van der Waals surface area contributed by atoms with Crippen molar-refractivity contribution in [1.29, 1.82) is 0 Å². The van der Waals surface area contributed by atoms with Gasteiger partial charge in [-0.15, -0.1) is 0 Å². The molecule has 6 nitrogen and oxygen atoms in total. The second kappa shape index (κ2) is 5.32. The van der Waals surface area contributed by atoms with Gasteiger partial charge in [-0.3, -0.25) is 14.3 Å². The summed E-state index contributed by atoms with van der Waals surface area (Å²) >= 11 is 0. The number of aromatic amines is 1. The first kappa shape index (κ1) is 14.0. The van der Waals surface area contributed by atoms with Gasteiger partial charge in [0.05, 0.1) is 11.3 Å². The van der Waals surface area contributed by atoms with E-state index in [0.717, 1.165) is 5.56 Å². The van der Waals surface area contributed by atoms with Crippen LogP contribution in [0, 0.1) is 13.8 Å². The van der Waals surface area contributed by atoms with Gasteiger partial charge in [0.15, 0.2) is 0 Å². The van der Waals surface area contributed by atoms with Crippen molar-refractivity contribution in [1.82, 2.24) is 14.8 Å². The van der Waals surface area contributed by atoms with Gasteiger partial charge in [0.25, 0.3) is 5.91 Å². The predicted molar refractivity (Wildman–Crippen MR) is 77.1 cm³/mol. The lowest BCUT2D eigenvalue weighted by Crippen LogP contribution is -2.17. The van der Waals surface area contributed by atoms with Gasteiger partial charge in [-0.2, -0.15) is 5.10 Å². The van der Waals surface area contributed by atoms with Crippen molar-refractivity contribution in [3.63, 3.8) is 0 Å². The Balaban J connectivity index is 2.26. The number of hydrogen-bond donors (Lipinski definition) is 2. The van der Waals surface area contributed by atoms with E-state index in [1.807, 2.05) is 13.8 Å². The van der Waals surface area contributed by atoms with Crippen LogP contribution in [0.3, 0.4) is 0 Å². The van der Waals surface area contributed by atoms with Crippen molar-refractivity contribution in [3.05, 3.63) is 45.5 Å². The van der Waals surface area contributed by atoms with Crippen molar-refractivity contribution in [2.45, 2.75) is 33.7 Å². The summed E-state index contributed by atoms with van der Waals surface area (Å²) in [7, 11) is 0. The number of pyridine rings is 1. The highest BCUT2D eigenvalue weighted by atomic mass is 16.2. The highest BCUT2D eigenvalue weighted by molar-refractivity contribution is 6.04. The number of carbonyl (C=O) groups is 1. The summed E-state index contributed by atoms with van der Waals surface area (Å²) in [4.78, 5) is 26.2. The average Bonchev–Trinajstić information content (AvgIpc) is 2.70. The molecule has 0 atom stereocenters. The number of rotatable bonds is 3. The maximum Gasteiger partial charge on any atom is 0.260 e. The number of carbonyl (C=O) groups excluding carboxylic acids is 1. The van der Waals surface area contributed by atoms with Gasteiger partial charge >= 0.3 is 0 Å². The largest absolute Gasteiger partial charge is 0.309 e. The molecule has 6 heteroatoms. The van der Waals surface area contributed by atoms with E-state index in [9.17, 15) is 9.59 Å². The molecule has 0 spiro atoms. The fourth-order valence-corrected chi connectivity index (χ4v) is 1.91. The Morgan fingerprint density at radius 1 is 1.35 bits per heavy atom. The molecule has 0 aromatic carbocycles. The number of aryl methyl sites for hydroxylation is 2. The summed E-state index contributed by atoms with van der Waals surface area (Å²) in [6.45, 7) is 7.57. The third-order valence-electron chi connectivity index (χ3n) is 2.93. The number of nitrogens with one attached hydrogen (secondary N) is 2. The summed E-state index contributed by atoms with van der Waals surface area (Å²) in [5.74, 6) is 0.104. The van der Waals surface area contributed by atoms with Crippen molar-refractivity contribution < 1.29 is 4.79 Å². The van der Waals surface area contributed by atoms with E-state index >= 15 is 0 Å². The second-order valence-electron chi connectivity index (χ2n) is 5.09. The van der Waals surface area contributed by atoms with Gasteiger partial charge in [-0.05, 0) is 39.3 Å². The molecule has 106 valence electrons. The lowest BCUT2D eigenvalue weighted by Gasteiger charge is -2.05. The Morgan fingerprint density at radius 2 is 2.05 bits per heavy atom. The van der Waals surface area contributed by atoms with Crippen LogP contribution in [-0.2, 0) is 0 Å². The number of nitrogens with zero attached hydrogens (tertiary/aromatic N) is 2. The maximum absolute atomic E-state index is 12.2. The van der Waals surface area contributed by atoms with E-state index in [0.29, 0.717) is 17.1 Å².